The lowest BCUT2D eigenvalue weighted by molar-refractivity contribution is -0.124. The molecule has 4 nitrogen and oxygen atoms in total. The topological polar surface area (TPSA) is 50.4 Å². The average molecular weight is 226 g/mol. The van der Waals surface area contributed by atoms with Crippen LogP contribution in [-0.2, 0) is 9.53 Å². The van der Waals surface area contributed by atoms with Gasteiger partial charge in [0.2, 0.25) is 5.91 Å². The van der Waals surface area contributed by atoms with E-state index in [9.17, 15) is 4.79 Å². The smallest absolute Gasteiger partial charge is 0.237 e. The number of hydrogen-bond donors (Lipinski definition) is 2. The Kier molecular flexibility index (Phi) is 3.82. The van der Waals surface area contributed by atoms with E-state index in [1.165, 1.54) is 19.3 Å². The Morgan fingerprint density at radius 1 is 1.50 bits per heavy atom. The molecule has 3 unspecified atom stereocenters. The maximum Gasteiger partial charge on any atom is 0.237 e. The predicted octanol–water partition coefficient (Wildman–Crippen LogP) is 0.668. The van der Waals surface area contributed by atoms with Gasteiger partial charge >= 0.3 is 0 Å². The molecule has 16 heavy (non-hydrogen) atoms. The van der Waals surface area contributed by atoms with Gasteiger partial charge in [0, 0.05) is 19.7 Å². The van der Waals surface area contributed by atoms with Gasteiger partial charge in [0.05, 0.1) is 12.1 Å². The summed E-state index contributed by atoms with van der Waals surface area (Å²) in [6.45, 7) is 2.90. The standard InChI is InChI=1S/C12H22N2O2/c1-8(9-4-3-5-9)14-12(15)11-6-10(16-2)7-13-11/h8-11,13H,3-7H2,1-2H3,(H,14,15). The molecule has 1 saturated heterocycles. The van der Waals surface area contributed by atoms with Gasteiger partial charge in [-0.25, -0.2) is 0 Å². The third-order valence-corrected chi connectivity index (χ3v) is 3.97. The predicted molar refractivity (Wildman–Crippen MR) is 62.2 cm³/mol. The van der Waals surface area contributed by atoms with Gasteiger partial charge < -0.3 is 15.4 Å². The van der Waals surface area contributed by atoms with E-state index >= 15 is 0 Å². The first-order chi connectivity index (χ1) is 7.70. The molecule has 3 atom stereocenters. The fraction of sp³-hybridized carbons (Fsp3) is 0.917. The fourth-order valence-electron chi connectivity index (χ4n) is 2.47. The Balaban J connectivity index is 1.75. The number of nitrogens with one attached hydrogen (secondary N) is 2. The van der Waals surface area contributed by atoms with Gasteiger partial charge in [0.25, 0.3) is 0 Å². The maximum absolute atomic E-state index is 11.9. The Morgan fingerprint density at radius 3 is 2.75 bits per heavy atom. The molecular formula is C12H22N2O2. The van der Waals surface area contributed by atoms with Crippen LogP contribution < -0.4 is 10.6 Å². The Hall–Kier alpha value is -0.610. The monoisotopic (exact) mass is 226 g/mol. The minimum atomic E-state index is -0.0625. The van der Waals surface area contributed by atoms with Crippen molar-refractivity contribution in [3.63, 3.8) is 0 Å². The van der Waals surface area contributed by atoms with Crippen molar-refractivity contribution in [1.29, 1.82) is 0 Å². The highest BCUT2D eigenvalue weighted by Gasteiger charge is 2.32. The van der Waals surface area contributed by atoms with Crippen LogP contribution in [-0.4, -0.2) is 37.7 Å². The van der Waals surface area contributed by atoms with Crippen molar-refractivity contribution in [3.8, 4) is 0 Å². The molecule has 1 aliphatic carbocycles. The first-order valence-electron chi connectivity index (χ1n) is 6.27. The van der Waals surface area contributed by atoms with Crippen molar-refractivity contribution < 1.29 is 9.53 Å². The molecule has 2 aliphatic rings. The highest BCUT2D eigenvalue weighted by Crippen LogP contribution is 2.29. The lowest BCUT2D eigenvalue weighted by atomic mass is 9.80. The van der Waals surface area contributed by atoms with Gasteiger partial charge in [-0.05, 0) is 32.1 Å². The zero-order valence-electron chi connectivity index (χ0n) is 10.2. The molecule has 4 heteroatoms. The van der Waals surface area contributed by atoms with Crippen molar-refractivity contribution >= 4 is 5.91 Å². The van der Waals surface area contributed by atoms with Gasteiger partial charge in [-0.15, -0.1) is 0 Å². The Labute approximate surface area is 97.1 Å². The lowest BCUT2D eigenvalue weighted by Gasteiger charge is -2.32. The van der Waals surface area contributed by atoms with Crippen molar-refractivity contribution in [2.24, 2.45) is 5.92 Å². The van der Waals surface area contributed by atoms with Crippen molar-refractivity contribution in [1.82, 2.24) is 10.6 Å². The number of carbonyl (C=O) groups is 1. The van der Waals surface area contributed by atoms with Gasteiger partial charge in [-0.2, -0.15) is 0 Å². The van der Waals surface area contributed by atoms with Gasteiger partial charge in [-0.1, -0.05) is 6.42 Å². The normalized spacial score (nSPS) is 32.1. The minimum absolute atomic E-state index is 0.0625. The quantitative estimate of drug-likeness (QED) is 0.740. The van der Waals surface area contributed by atoms with Gasteiger partial charge in [0.1, 0.15) is 0 Å². The molecule has 1 saturated carbocycles. The highest BCUT2D eigenvalue weighted by atomic mass is 16.5. The number of ether oxygens (including phenoxy) is 1. The number of rotatable bonds is 4. The molecule has 0 radical (unpaired) electrons. The highest BCUT2D eigenvalue weighted by molar-refractivity contribution is 5.82. The van der Waals surface area contributed by atoms with Crippen LogP contribution in [0.4, 0.5) is 0 Å². The van der Waals surface area contributed by atoms with Crippen LogP contribution in [0.1, 0.15) is 32.6 Å². The molecule has 0 spiro atoms. The molecule has 0 bridgehead atoms. The third-order valence-electron chi connectivity index (χ3n) is 3.97. The van der Waals surface area contributed by atoms with Crippen LogP contribution >= 0.6 is 0 Å². The molecule has 1 heterocycles. The molecule has 1 amide bonds. The van der Waals surface area contributed by atoms with Gasteiger partial charge in [-0.3, -0.25) is 4.79 Å². The number of methoxy groups -OCH3 is 1. The summed E-state index contributed by atoms with van der Waals surface area (Å²) in [5, 5.41) is 6.31. The van der Waals surface area contributed by atoms with Gasteiger partial charge in [0.15, 0.2) is 0 Å². The minimum Gasteiger partial charge on any atom is -0.380 e. The summed E-state index contributed by atoms with van der Waals surface area (Å²) in [7, 11) is 1.70. The zero-order valence-corrected chi connectivity index (χ0v) is 10.2. The van der Waals surface area contributed by atoms with Crippen molar-refractivity contribution in [2.45, 2.75) is 50.8 Å². The zero-order chi connectivity index (χ0) is 11.5. The summed E-state index contributed by atoms with van der Waals surface area (Å²) in [6, 6.07) is 0.261. The van der Waals surface area contributed by atoms with E-state index in [1.54, 1.807) is 7.11 Å². The number of hydrogen-bond acceptors (Lipinski definition) is 3. The van der Waals surface area contributed by atoms with Crippen LogP contribution in [0.15, 0.2) is 0 Å². The van der Waals surface area contributed by atoms with E-state index in [1.807, 2.05) is 0 Å². The van der Waals surface area contributed by atoms with Crippen LogP contribution in [0.25, 0.3) is 0 Å². The fourth-order valence-corrected chi connectivity index (χ4v) is 2.47. The number of carbonyl (C=O) groups excluding carboxylic acids is 1. The second-order valence-corrected chi connectivity index (χ2v) is 5.04. The Morgan fingerprint density at radius 2 is 2.25 bits per heavy atom. The summed E-state index contributed by atoms with van der Waals surface area (Å²) in [4.78, 5) is 11.9. The Bertz CT molecular complexity index is 253. The molecule has 1 aliphatic heterocycles. The lowest BCUT2D eigenvalue weighted by Crippen LogP contribution is -2.47. The number of amides is 1. The van der Waals surface area contributed by atoms with Crippen LogP contribution in [0.3, 0.4) is 0 Å². The van der Waals surface area contributed by atoms with Crippen molar-refractivity contribution in [2.75, 3.05) is 13.7 Å². The van der Waals surface area contributed by atoms with E-state index in [-0.39, 0.29) is 18.1 Å². The summed E-state index contributed by atoms with van der Waals surface area (Å²) >= 11 is 0. The van der Waals surface area contributed by atoms with Crippen molar-refractivity contribution in [3.05, 3.63) is 0 Å². The summed E-state index contributed by atoms with van der Waals surface area (Å²) in [5.74, 6) is 0.836. The van der Waals surface area contributed by atoms with Crippen LogP contribution in [0.2, 0.25) is 0 Å². The molecule has 92 valence electrons. The summed E-state index contributed by atoms with van der Waals surface area (Å²) < 4.78 is 5.23. The van der Waals surface area contributed by atoms with Crippen LogP contribution in [0, 0.1) is 5.92 Å². The van der Waals surface area contributed by atoms with E-state index in [0.717, 1.165) is 13.0 Å². The second kappa shape index (κ2) is 5.15. The molecule has 0 aromatic rings. The van der Waals surface area contributed by atoms with E-state index in [2.05, 4.69) is 17.6 Å². The molecule has 2 fully saturated rings. The maximum atomic E-state index is 11.9. The van der Waals surface area contributed by atoms with E-state index in [0.29, 0.717) is 12.0 Å². The first kappa shape index (κ1) is 11.9. The average Bonchev–Trinajstić information content (AvgIpc) is 2.62. The van der Waals surface area contributed by atoms with E-state index < -0.39 is 0 Å². The molecule has 0 aromatic carbocycles. The summed E-state index contributed by atoms with van der Waals surface area (Å²) in [5.41, 5.74) is 0. The van der Waals surface area contributed by atoms with E-state index in [4.69, 9.17) is 4.74 Å². The first-order valence-corrected chi connectivity index (χ1v) is 6.27. The van der Waals surface area contributed by atoms with Crippen LogP contribution in [0.5, 0.6) is 0 Å². The molecule has 0 aromatic heterocycles. The summed E-state index contributed by atoms with van der Waals surface area (Å²) in [6.07, 6.45) is 4.83. The molecule has 2 rings (SSSR count). The largest absolute Gasteiger partial charge is 0.380 e. The second-order valence-electron chi connectivity index (χ2n) is 5.04. The SMILES string of the molecule is COC1CNC(C(=O)NC(C)C2CCC2)C1. The molecular weight excluding hydrogens is 204 g/mol. The third kappa shape index (κ3) is 2.55. The molecule has 2 N–H and O–H groups in total.